The molecule has 1 aliphatic heterocycles. The maximum Gasteiger partial charge on any atom is 0.233 e. The van der Waals surface area contributed by atoms with Gasteiger partial charge in [-0.15, -0.1) is 0 Å². The van der Waals surface area contributed by atoms with E-state index in [1.807, 2.05) is 11.0 Å². The first-order valence-electron chi connectivity index (χ1n) is 15.8. The van der Waals surface area contributed by atoms with E-state index in [-0.39, 0.29) is 28.8 Å². The topological polar surface area (TPSA) is 151 Å². The van der Waals surface area contributed by atoms with Gasteiger partial charge >= 0.3 is 0 Å². The van der Waals surface area contributed by atoms with E-state index in [0.29, 0.717) is 60.6 Å². The van der Waals surface area contributed by atoms with Crippen LogP contribution in [0.3, 0.4) is 0 Å². The summed E-state index contributed by atoms with van der Waals surface area (Å²) in [5.41, 5.74) is 3.87. The first-order valence-corrected chi connectivity index (χ1v) is 17.3. The summed E-state index contributed by atoms with van der Waals surface area (Å²) in [6, 6.07) is 12.6. The number of para-hydroxylation sites is 1. The van der Waals surface area contributed by atoms with Gasteiger partial charge in [0, 0.05) is 25.1 Å². The van der Waals surface area contributed by atoms with Crippen LogP contribution in [0.2, 0.25) is 0 Å². The Morgan fingerprint density at radius 3 is 2.48 bits per heavy atom. The highest BCUT2D eigenvalue weighted by Crippen LogP contribution is 2.38. The number of rotatable bonds is 9. The van der Waals surface area contributed by atoms with Crippen LogP contribution in [0, 0.1) is 12.8 Å². The van der Waals surface area contributed by atoms with Gasteiger partial charge in [-0.1, -0.05) is 12.1 Å². The molecule has 2 aromatic carbocycles. The Bertz CT molecular complexity index is 1850. The van der Waals surface area contributed by atoms with E-state index >= 15 is 0 Å². The van der Waals surface area contributed by atoms with E-state index in [1.165, 1.54) is 10.1 Å². The van der Waals surface area contributed by atoms with Crippen molar-refractivity contribution >= 4 is 44.7 Å². The normalized spacial score (nSPS) is 19.1. The second-order valence-electron chi connectivity index (χ2n) is 12.5. The van der Waals surface area contributed by atoms with Crippen LogP contribution >= 0.6 is 0 Å². The van der Waals surface area contributed by atoms with Gasteiger partial charge in [0.1, 0.15) is 5.75 Å². The SMILES string of the molecule is COc1cc(C2CCN(C(=O)[C@@H]3CC[C@H](O)C3)CC2)c(C)cc1Nc1nc(Nc2ccccc2S(=O)(=O)C(C)C)n2nccc2n1. The number of methoxy groups -OCH3 is 1. The van der Waals surface area contributed by atoms with E-state index in [4.69, 9.17) is 4.74 Å². The first-order chi connectivity index (χ1) is 22.0. The standard InChI is InChI=1S/C33H41N7O5S/c1-20(2)46(43,44)29-8-6-5-7-26(29)36-33-38-32(37-30-11-14-34-40(30)33)35-27-17-21(3)25(19-28(27)45-4)22-12-15-39(16-13-22)31(42)23-9-10-24(41)18-23/h5-8,11,14,17,19-20,22-24,41H,9-10,12-13,15-16,18H2,1-4H3,(H2,35,36,37,38)/t23-,24+/m1/s1. The Balaban J connectivity index is 1.23. The van der Waals surface area contributed by atoms with Crippen molar-refractivity contribution in [3.8, 4) is 5.75 Å². The van der Waals surface area contributed by atoms with Crippen molar-refractivity contribution in [1.29, 1.82) is 0 Å². The predicted octanol–water partition coefficient (Wildman–Crippen LogP) is 4.98. The summed E-state index contributed by atoms with van der Waals surface area (Å²) in [7, 11) is -1.94. The third kappa shape index (κ3) is 6.25. The monoisotopic (exact) mass is 647 g/mol. The van der Waals surface area contributed by atoms with Gasteiger partial charge in [-0.05, 0) is 94.2 Å². The number of carbonyl (C=O) groups excluding carboxylic acids is 1. The van der Waals surface area contributed by atoms with Crippen molar-refractivity contribution in [3.63, 3.8) is 0 Å². The molecule has 244 valence electrons. The van der Waals surface area contributed by atoms with Crippen LogP contribution < -0.4 is 15.4 Å². The van der Waals surface area contributed by atoms with E-state index < -0.39 is 15.1 Å². The number of nitrogens with zero attached hydrogens (tertiary/aromatic N) is 5. The molecular weight excluding hydrogens is 606 g/mol. The third-order valence-corrected chi connectivity index (χ3v) is 11.4. The highest BCUT2D eigenvalue weighted by Gasteiger charge is 2.34. The van der Waals surface area contributed by atoms with E-state index in [2.05, 4.69) is 38.7 Å². The highest BCUT2D eigenvalue weighted by molar-refractivity contribution is 7.92. The minimum absolute atomic E-state index is 0.0544. The maximum atomic E-state index is 13.1. The number of benzene rings is 2. The Hall–Kier alpha value is -4.23. The molecule has 1 saturated heterocycles. The van der Waals surface area contributed by atoms with Gasteiger partial charge in [0.15, 0.2) is 15.5 Å². The lowest BCUT2D eigenvalue weighted by Gasteiger charge is -2.34. The van der Waals surface area contributed by atoms with Crippen molar-refractivity contribution in [1.82, 2.24) is 24.5 Å². The second kappa shape index (κ2) is 12.9. The summed E-state index contributed by atoms with van der Waals surface area (Å²) in [6.07, 6.45) is 5.03. The van der Waals surface area contributed by atoms with Crippen molar-refractivity contribution in [2.75, 3.05) is 30.8 Å². The molecule has 1 saturated carbocycles. The fraction of sp³-hybridized carbons (Fsp3) is 0.455. The molecule has 0 radical (unpaired) electrons. The number of sulfone groups is 1. The lowest BCUT2D eigenvalue weighted by molar-refractivity contribution is -0.136. The van der Waals surface area contributed by atoms with Gasteiger partial charge < -0.3 is 25.4 Å². The summed E-state index contributed by atoms with van der Waals surface area (Å²) in [5.74, 6) is 1.63. The minimum atomic E-state index is -3.56. The van der Waals surface area contributed by atoms with Crippen LogP contribution in [0.4, 0.5) is 23.3 Å². The van der Waals surface area contributed by atoms with Gasteiger partial charge in [0.05, 0.1) is 40.9 Å². The zero-order valence-electron chi connectivity index (χ0n) is 26.6. The summed E-state index contributed by atoms with van der Waals surface area (Å²) >= 11 is 0. The molecule has 13 heteroatoms. The van der Waals surface area contributed by atoms with Gasteiger partial charge in [-0.2, -0.15) is 19.6 Å². The number of aliphatic hydroxyl groups excluding tert-OH is 1. The van der Waals surface area contributed by atoms with Gasteiger partial charge in [0.2, 0.25) is 17.8 Å². The van der Waals surface area contributed by atoms with Crippen LogP contribution in [-0.4, -0.2) is 75.5 Å². The number of hydrogen-bond acceptors (Lipinski definition) is 10. The van der Waals surface area contributed by atoms with Crippen molar-refractivity contribution in [2.45, 2.75) is 75.0 Å². The Morgan fingerprint density at radius 1 is 1.02 bits per heavy atom. The number of aryl methyl sites for hydroxylation is 1. The Kier molecular flexibility index (Phi) is 8.88. The van der Waals surface area contributed by atoms with E-state index in [0.717, 1.165) is 24.8 Å². The smallest absolute Gasteiger partial charge is 0.233 e. The number of amides is 1. The Morgan fingerprint density at radius 2 is 1.78 bits per heavy atom. The molecule has 1 amide bonds. The molecule has 2 atom stereocenters. The summed E-state index contributed by atoms with van der Waals surface area (Å²) in [6.45, 7) is 6.78. The highest BCUT2D eigenvalue weighted by atomic mass is 32.2. The van der Waals surface area contributed by atoms with Crippen LogP contribution in [0.25, 0.3) is 5.65 Å². The number of hydrogen-bond donors (Lipinski definition) is 3. The molecule has 0 unspecified atom stereocenters. The second-order valence-corrected chi connectivity index (χ2v) is 15.0. The average molecular weight is 648 g/mol. The number of fused-ring (bicyclic) bond motifs is 1. The number of anilines is 4. The third-order valence-electron chi connectivity index (χ3n) is 9.15. The van der Waals surface area contributed by atoms with Crippen molar-refractivity contribution < 1.29 is 23.1 Å². The number of aromatic nitrogens is 4. The summed E-state index contributed by atoms with van der Waals surface area (Å²) < 4.78 is 33.5. The maximum absolute atomic E-state index is 13.1. The van der Waals surface area contributed by atoms with Gasteiger partial charge in [-0.3, -0.25) is 4.79 Å². The molecular formula is C33H41N7O5S. The first kappa shape index (κ1) is 31.7. The van der Waals surface area contributed by atoms with Gasteiger partial charge in [-0.25, -0.2) is 8.42 Å². The molecule has 6 rings (SSSR count). The summed E-state index contributed by atoms with van der Waals surface area (Å²) in [4.78, 5) is 24.4. The molecule has 12 nitrogen and oxygen atoms in total. The number of aliphatic hydroxyl groups is 1. The number of likely N-dealkylation sites (tertiary alicyclic amines) is 1. The lowest BCUT2D eigenvalue weighted by Crippen LogP contribution is -2.41. The Labute approximate surface area is 269 Å². The average Bonchev–Trinajstić information content (AvgIpc) is 3.70. The number of ether oxygens (including phenoxy) is 1. The molecule has 1 aliphatic carbocycles. The molecule has 4 aromatic rings. The number of piperidine rings is 1. The van der Waals surface area contributed by atoms with Crippen molar-refractivity contribution in [3.05, 3.63) is 59.8 Å². The van der Waals surface area contributed by atoms with E-state index in [9.17, 15) is 18.3 Å². The molecule has 2 aliphatic rings. The molecule has 2 aromatic heterocycles. The predicted molar refractivity (Wildman–Crippen MR) is 176 cm³/mol. The largest absolute Gasteiger partial charge is 0.495 e. The van der Waals surface area contributed by atoms with E-state index in [1.54, 1.807) is 57.5 Å². The fourth-order valence-electron chi connectivity index (χ4n) is 6.54. The molecule has 2 fully saturated rings. The zero-order chi connectivity index (χ0) is 32.6. The van der Waals surface area contributed by atoms with Crippen LogP contribution in [0.15, 0.2) is 53.6 Å². The van der Waals surface area contributed by atoms with Crippen LogP contribution in [0.5, 0.6) is 5.75 Å². The molecule has 3 N–H and O–H groups in total. The fourth-order valence-corrected chi connectivity index (χ4v) is 7.74. The molecule has 3 heterocycles. The summed E-state index contributed by atoms with van der Waals surface area (Å²) in [5, 5.41) is 20.1. The number of nitrogens with one attached hydrogen (secondary N) is 2. The number of carbonyl (C=O) groups is 1. The van der Waals surface area contributed by atoms with Crippen molar-refractivity contribution in [2.24, 2.45) is 5.92 Å². The molecule has 0 spiro atoms. The van der Waals surface area contributed by atoms with Crippen LogP contribution in [0.1, 0.15) is 63.0 Å². The van der Waals surface area contributed by atoms with Gasteiger partial charge in [0.25, 0.3) is 0 Å². The zero-order valence-corrected chi connectivity index (χ0v) is 27.4. The quantitative estimate of drug-likeness (QED) is 0.227. The van der Waals surface area contributed by atoms with Crippen LogP contribution in [-0.2, 0) is 14.6 Å². The minimum Gasteiger partial charge on any atom is -0.495 e. The lowest BCUT2D eigenvalue weighted by atomic mass is 9.86. The molecule has 0 bridgehead atoms. The molecule has 46 heavy (non-hydrogen) atoms.